The van der Waals surface area contributed by atoms with E-state index in [1.807, 2.05) is 52.1 Å². The van der Waals surface area contributed by atoms with Gasteiger partial charge in [0.2, 0.25) is 11.8 Å². The molecule has 0 saturated heterocycles. The molecule has 0 aliphatic carbocycles. The van der Waals surface area contributed by atoms with Crippen molar-refractivity contribution in [3.8, 4) is 0 Å². The Morgan fingerprint density at radius 3 is 2.12 bits per heavy atom. The molecule has 2 unspecified atom stereocenters. The average Bonchev–Trinajstić information content (AvgIpc) is 2.64. The van der Waals surface area contributed by atoms with Gasteiger partial charge in [0.05, 0.1) is 0 Å². The molecular formula is C24H39N3O4S. The summed E-state index contributed by atoms with van der Waals surface area (Å²) >= 11 is 1.58. The maximum atomic E-state index is 13.5. The monoisotopic (exact) mass is 465 g/mol. The number of amides is 3. The van der Waals surface area contributed by atoms with Gasteiger partial charge in [-0.3, -0.25) is 9.59 Å². The average molecular weight is 466 g/mol. The van der Waals surface area contributed by atoms with Crippen molar-refractivity contribution in [1.82, 2.24) is 15.5 Å². The second kappa shape index (κ2) is 12.1. The Kier molecular flexibility index (Phi) is 10.5. The number of carbonyl (C=O) groups excluding carboxylic acids is 3. The molecule has 2 atom stereocenters. The van der Waals surface area contributed by atoms with Crippen molar-refractivity contribution in [2.24, 2.45) is 0 Å². The Hall–Kier alpha value is -2.22. The molecule has 8 heteroatoms. The van der Waals surface area contributed by atoms with E-state index >= 15 is 0 Å². The molecule has 0 bridgehead atoms. The van der Waals surface area contributed by atoms with Gasteiger partial charge in [-0.25, -0.2) is 4.79 Å². The van der Waals surface area contributed by atoms with E-state index in [2.05, 4.69) is 10.6 Å². The van der Waals surface area contributed by atoms with Crippen LogP contribution < -0.4 is 10.6 Å². The lowest BCUT2D eigenvalue weighted by molar-refractivity contribution is -0.141. The fraction of sp³-hybridized carbons (Fsp3) is 0.625. The van der Waals surface area contributed by atoms with Crippen LogP contribution in [-0.4, -0.2) is 59.5 Å². The number of hydrogen-bond acceptors (Lipinski definition) is 5. The SMILES string of the molecule is CSCCC(NC(=O)OC(C)(C)C)C(=O)N(C)C(C(=O)NC(C)C)c1c(C)cccc1C. The number of alkyl carbamates (subject to hydrolysis) is 1. The van der Waals surface area contributed by atoms with E-state index in [-0.39, 0.29) is 17.9 Å². The molecule has 0 saturated carbocycles. The number of ether oxygens (including phenoxy) is 1. The van der Waals surface area contributed by atoms with E-state index in [1.54, 1.807) is 39.6 Å². The van der Waals surface area contributed by atoms with Crippen LogP contribution in [0, 0.1) is 13.8 Å². The Balaban J connectivity index is 3.31. The summed E-state index contributed by atoms with van der Waals surface area (Å²) in [5.74, 6) is 0.0809. The highest BCUT2D eigenvalue weighted by atomic mass is 32.2. The molecular weight excluding hydrogens is 426 g/mol. The molecule has 0 fully saturated rings. The Labute approximate surface area is 197 Å². The summed E-state index contributed by atoms with van der Waals surface area (Å²) in [5, 5.41) is 5.64. The van der Waals surface area contributed by atoms with Crippen molar-refractivity contribution in [1.29, 1.82) is 0 Å². The summed E-state index contributed by atoms with van der Waals surface area (Å²) < 4.78 is 5.35. The number of nitrogens with one attached hydrogen (secondary N) is 2. The third-order valence-electron chi connectivity index (χ3n) is 4.83. The lowest BCUT2D eigenvalue weighted by Crippen LogP contribution is -2.52. The van der Waals surface area contributed by atoms with Gasteiger partial charge in [-0.15, -0.1) is 0 Å². The number of nitrogens with zero attached hydrogens (tertiary/aromatic N) is 1. The molecule has 2 N–H and O–H groups in total. The maximum absolute atomic E-state index is 13.5. The topological polar surface area (TPSA) is 87.7 Å². The summed E-state index contributed by atoms with van der Waals surface area (Å²) in [6.07, 6.45) is 1.71. The number of rotatable bonds is 9. The predicted octanol–water partition coefficient (Wildman–Crippen LogP) is 3.97. The normalized spacial score (nSPS) is 13.3. The van der Waals surface area contributed by atoms with E-state index in [0.29, 0.717) is 12.2 Å². The predicted molar refractivity (Wildman–Crippen MR) is 131 cm³/mol. The smallest absolute Gasteiger partial charge is 0.408 e. The van der Waals surface area contributed by atoms with Gasteiger partial charge in [-0.1, -0.05) is 18.2 Å². The molecule has 0 heterocycles. The van der Waals surface area contributed by atoms with Crippen LogP contribution in [-0.2, 0) is 14.3 Å². The number of carbonyl (C=O) groups is 3. The van der Waals surface area contributed by atoms with Crippen molar-refractivity contribution in [2.75, 3.05) is 19.1 Å². The lowest BCUT2D eigenvalue weighted by Gasteiger charge is -2.33. The van der Waals surface area contributed by atoms with Gasteiger partial charge in [0.15, 0.2) is 0 Å². The van der Waals surface area contributed by atoms with Crippen LogP contribution in [0.2, 0.25) is 0 Å². The molecule has 1 rings (SSSR count). The third-order valence-corrected chi connectivity index (χ3v) is 5.47. The first-order valence-electron chi connectivity index (χ1n) is 10.9. The van der Waals surface area contributed by atoms with Gasteiger partial charge in [0.25, 0.3) is 0 Å². The largest absolute Gasteiger partial charge is 0.444 e. The first-order chi connectivity index (χ1) is 14.8. The maximum Gasteiger partial charge on any atom is 0.408 e. The van der Waals surface area contributed by atoms with E-state index in [4.69, 9.17) is 4.74 Å². The standard InChI is InChI=1S/C24H39N3O4S/c1-15(2)25-21(28)20(19-16(3)11-10-12-17(19)4)27(8)22(29)18(13-14-32-9)26-23(30)31-24(5,6)7/h10-12,15,18,20H,13-14H2,1-9H3,(H,25,28)(H,26,30). The van der Waals surface area contributed by atoms with E-state index in [1.165, 1.54) is 4.90 Å². The van der Waals surface area contributed by atoms with Crippen LogP contribution in [0.15, 0.2) is 18.2 Å². The van der Waals surface area contributed by atoms with Crippen LogP contribution >= 0.6 is 11.8 Å². The highest BCUT2D eigenvalue weighted by Gasteiger charge is 2.35. The summed E-state index contributed by atoms with van der Waals surface area (Å²) in [4.78, 5) is 40.6. The molecule has 1 aromatic rings. The highest BCUT2D eigenvalue weighted by Crippen LogP contribution is 2.28. The first-order valence-corrected chi connectivity index (χ1v) is 12.3. The summed E-state index contributed by atoms with van der Waals surface area (Å²) in [6, 6.07) is 4.09. The summed E-state index contributed by atoms with van der Waals surface area (Å²) in [7, 11) is 1.61. The molecule has 32 heavy (non-hydrogen) atoms. The van der Waals surface area contributed by atoms with Gasteiger partial charge in [-0.05, 0) is 83.6 Å². The number of thioether (sulfide) groups is 1. The molecule has 0 spiro atoms. The van der Waals surface area contributed by atoms with Crippen LogP contribution in [0.1, 0.15) is 63.8 Å². The minimum atomic E-state index is -0.816. The van der Waals surface area contributed by atoms with Gasteiger partial charge < -0.3 is 20.3 Å². The number of aryl methyl sites for hydroxylation is 2. The fourth-order valence-corrected chi connectivity index (χ4v) is 3.91. The molecule has 0 aliphatic heterocycles. The molecule has 180 valence electrons. The van der Waals surface area contributed by atoms with Crippen molar-refractivity contribution in [3.05, 3.63) is 34.9 Å². The number of hydrogen-bond donors (Lipinski definition) is 2. The summed E-state index contributed by atoms with van der Waals surface area (Å²) in [5.41, 5.74) is 1.96. The van der Waals surface area contributed by atoms with Crippen LogP contribution in [0.3, 0.4) is 0 Å². The first kappa shape index (κ1) is 27.8. The zero-order valence-electron chi connectivity index (χ0n) is 20.9. The van der Waals surface area contributed by atoms with Gasteiger partial charge in [0, 0.05) is 13.1 Å². The van der Waals surface area contributed by atoms with Gasteiger partial charge in [0.1, 0.15) is 17.7 Å². The van der Waals surface area contributed by atoms with E-state index in [9.17, 15) is 14.4 Å². The van der Waals surface area contributed by atoms with Crippen molar-refractivity contribution in [3.63, 3.8) is 0 Å². The third kappa shape index (κ3) is 8.37. The molecule has 0 aliphatic rings. The highest BCUT2D eigenvalue weighted by molar-refractivity contribution is 7.98. The van der Waals surface area contributed by atoms with E-state index < -0.39 is 23.8 Å². The zero-order valence-corrected chi connectivity index (χ0v) is 21.7. The second-order valence-electron chi connectivity index (χ2n) is 9.30. The molecule has 0 aromatic heterocycles. The minimum Gasteiger partial charge on any atom is -0.444 e. The van der Waals surface area contributed by atoms with Crippen LogP contribution in [0.25, 0.3) is 0 Å². The van der Waals surface area contributed by atoms with Crippen LogP contribution in [0.5, 0.6) is 0 Å². The Morgan fingerprint density at radius 1 is 1.09 bits per heavy atom. The second-order valence-corrected chi connectivity index (χ2v) is 10.3. The quantitative estimate of drug-likeness (QED) is 0.576. The molecule has 1 aromatic carbocycles. The fourth-order valence-electron chi connectivity index (χ4n) is 3.44. The molecule has 7 nitrogen and oxygen atoms in total. The summed E-state index contributed by atoms with van der Waals surface area (Å²) in [6.45, 7) is 12.9. The molecule has 0 radical (unpaired) electrons. The van der Waals surface area contributed by atoms with E-state index in [0.717, 1.165) is 16.7 Å². The van der Waals surface area contributed by atoms with Crippen molar-refractivity contribution >= 4 is 29.7 Å². The van der Waals surface area contributed by atoms with Crippen LogP contribution in [0.4, 0.5) is 4.79 Å². The zero-order chi connectivity index (χ0) is 24.6. The lowest BCUT2D eigenvalue weighted by atomic mass is 9.94. The van der Waals surface area contributed by atoms with Gasteiger partial charge in [-0.2, -0.15) is 11.8 Å². The van der Waals surface area contributed by atoms with Crippen molar-refractivity contribution < 1.29 is 19.1 Å². The van der Waals surface area contributed by atoms with Gasteiger partial charge >= 0.3 is 6.09 Å². The Bertz CT molecular complexity index is 785. The molecule has 3 amide bonds. The van der Waals surface area contributed by atoms with Crippen molar-refractivity contribution in [2.45, 2.75) is 78.6 Å². The Morgan fingerprint density at radius 2 is 1.66 bits per heavy atom. The number of benzene rings is 1. The minimum absolute atomic E-state index is 0.0787. The number of likely N-dealkylation sites (N-methyl/N-ethyl adjacent to an activating group) is 1.